The number of rotatable bonds is 8. The van der Waals surface area contributed by atoms with E-state index in [0.29, 0.717) is 17.9 Å². The molecule has 2 rings (SSSR count). The summed E-state index contributed by atoms with van der Waals surface area (Å²) in [7, 11) is -3.76. The minimum atomic E-state index is -3.76. The van der Waals surface area contributed by atoms with E-state index in [1.54, 1.807) is 36.0 Å². The number of amides is 1. The molecule has 0 spiro atoms. The molecule has 0 radical (unpaired) electrons. The first-order chi connectivity index (χ1) is 11.9. The predicted octanol–water partition coefficient (Wildman–Crippen LogP) is 3.03. The Labute approximate surface area is 153 Å². The molecular weight excluding hydrogens is 356 g/mol. The molecule has 2 aromatic carbocycles. The van der Waals surface area contributed by atoms with Crippen molar-refractivity contribution < 1.29 is 13.2 Å². The molecule has 0 saturated carbocycles. The lowest BCUT2D eigenvalue weighted by atomic mass is 10.1. The van der Waals surface area contributed by atoms with Crippen LogP contribution in [0.25, 0.3) is 0 Å². The number of para-hydroxylation sites is 1. The van der Waals surface area contributed by atoms with Crippen molar-refractivity contribution >= 4 is 33.4 Å². The van der Waals surface area contributed by atoms with Gasteiger partial charge in [0.2, 0.25) is 15.9 Å². The van der Waals surface area contributed by atoms with Gasteiger partial charge in [0.1, 0.15) is 6.04 Å². The third kappa shape index (κ3) is 5.59. The molecule has 2 N–H and O–H groups in total. The largest absolute Gasteiger partial charge is 0.324 e. The first-order valence-corrected chi connectivity index (χ1v) is 10.7. The number of sulfonamides is 1. The Hall–Kier alpha value is -1.83. The monoisotopic (exact) mass is 378 g/mol. The fraction of sp³-hybridized carbons (Fsp3) is 0.278. The summed E-state index contributed by atoms with van der Waals surface area (Å²) in [4.78, 5) is 12.8. The molecule has 0 aliphatic carbocycles. The quantitative estimate of drug-likeness (QED) is 0.740. The maximum atomic E-state index is 12.6. The average molecular weight is 379 g/mol. The van der Waals surface area contributed by atoms with Crippen molar-refractivity contribution in [2.75, 3.05) is 17.3 Å². The molecule has 5 nitrogen and oxygen atoms in total. The number of benzene rings is 2. The molecule has 0 heterocycles. The number of hydrogen-bond donors (Lipinski definition) is 2. The van der Waals surface area contributed by atoms with Gasteiger partial charge in [-0.3, -0.25) is 4.79 Å². The van der Waals surface area contributed by atoms with E-state index in [9.17, 15) is 13.2 Å². The summed E-state index contributed by atoms with van der Waals surface area (Å²) in [5.41, 5.74) is 1.60. The Morgan fingerprint density at radius 2 is 1.72 bits per heavy atom. The number of carbonyl (C=O) groups excluding carboxylic acids is 1. The van der Waals surface area contributed by atoms with Crippen LogP contribution in [0, 0.1) is 6.92 Å². The van der Waals surface area contributed by atoms with E-state index >= 15 is 0 Å². The van der Waals surface area contributed by atoms with Gasteiger partial charge < -0.3 is 5.32 Å². The second-order valence-corrected chi connectivity index (χ2v) is 8.27. The normalized spacial score (nSPS) is 12.6. The van der Waals surface area contributed by atoms with E-state index in [0.717, 1.165) is 5.56 Å². The molecule has 0 unspecified atom stereocenters. The number of aryl methyl sites for hydroxylation is 1. The Balaban J connectivity index is 2.18. The molecule has 0 saturated heterocycles. The van der Waals surface area contributed by atoms with Gasteiger partial charge in [-0.2, -0.15) is 16.5 Å². The molecule has 0 aliphatic rings. The molecular formula is C18H22N2O3S2. The fourth-order valence-electron chi connectivity index (χ4n) is 2.27. The van der Waals surface area contributed by atoms with Crippen LogP contribution in [0.2, 0.25) is 0 Å². The van der Waals surface area contributed by atoms with Crippen LogP contribution in [-0.2, 0) is 14.8 Å². The third-order valence-electron chi connectivity index (χ3n) is 3.68. The Morgan fingerprint density at radius 3 is 2.36 bits per heavy atom. The predicted molar refractivity (Wildman–Crippen MR) is 103 cm³/mol. The summed E-state index contributed by atoms with van der Waals surface area (Å²) in [6, 6.07) is 14.6. The van der Waals surface area contributed by atoms with Crippen molar-refractivity contribution in [3.05, 3.63) is 60.2 Å². The zero-order chi connectivity index (χ0) is 18.3. The van der Waals surface area contributed by atoms with Gasteiger partial charge in [0, 0.05) is 5.69 Å². The van der Waals surface area contributed by atoms with E-state index in [1.165, 1.54) is 12.1 Å². The van der Waals surface area contributed by atoms with Crippen LogP contribution in [0.1, 0.15) is 12.0 Å². The lowest BCUT2D eigenvalue weighted by Crippen LogP contribution is -2.44. The van der Waals surface area contributed by atoms with E-state index in [1.807, 2.05) is 31.4 Å². The summed E-state index contributed by atoms with van der Waals surface area (Å²) in [6.45, 7) is 1.89. The Kier molecular flexibility index (Phi) is 7.04. The molecule has 7 heteroatoms. The summed E-state index contributed by atoms with van der Waals surface area (Å²) in [6.07, 6.45) is 2.33. The van der Waals surface area contributed by atoms with Crippen molar-refractivity contribution in [3.63, 3.8) is 0 Å². The van der Waals surface area contributed by atoms with Crippen LogP contribution in [0.15, 0.2) is 59.5 Å². The number of anilines is 1. The Morgan fingerprint density at radius 1 is 1.08 bits per heavy atom. The van der Waals surface area contributed by atoms with Crippen LogP contribution in [0.4, 0.5) is 5.69 Å². The molecule has 2 aromatic rings. The summed E-state index contributed by atoms with van der Waals surface area (Å²) in [5, 5.41) is 2.82. The molecule has 0 aromatic heterocycles. The van der Waals surface area contributed by atoms with Gasteiger partial charge in [0.05, 0.1) is 4.90 Å². The number of thioether (sulfide) groups is 1. The zero-order valence-corrected chi connectivity index (χ0v) is 15.9. The van der Waals surface area contributed by atoms with E-state index in [-0.39, 0.29) is 10.8 Å². The van der Waals surface area contributed by atoms with Crippen molar-refractivity contribution in [2.24, 2.45) is 0 Å². The zero-order valence-electron chi connectivity index (χ0n) is 14.2. The highest BCUT2D eigenvalue weighted by Gasteiger charge is 2.25. The molecule has 1 atom stereocenters. The minimum Gasteiger partial charge on any atom is -0.324 e. The van der Waals surface area contributed by atoms with Gasteiger partial charge in [0.25, 0.3) is 0 Å². The summed E-state index contributed by atoms with van der Waals surface area (Å²) >= 11 is 1.56. The maximum Gasteiger partial charge on any atom is 0.242 e. The second-order valence-electron chi connectivity index (χ2n) is 5.57. The summed E-state index contributed by atoms with van der Waals surface area (Å²) < 4.78 is 27.6. The van der Waals surface area contributed by atoms with Crippen molar-refractivity contribution in [3.8, 4) is 0 Å². The molecule has 1 amide bonds. The first-order valence-electron chi connectivity index (χ1n) is 7.87. The highest BCUT2D eigenvalue weighted by Crippen LogP contribution is 2.16. The van der Waals surface area contributed by atoms with Crippen LogP contribution < -0.4 is 10.0 Å². The summed E-state index contributed by atoms with van der Waals surface area (Å²) in [5.74, 6) is 0.311. The standard InChI is InChI=1S/C18H22N2O3S2/c1-14-8-6-7-11-16(14)19-18(21)17(12-13-24-2)20-25(22,23)15-9-4-3-5-10-15/h3-11,17,20H,12-13H2,1-2H3,(H,19,21)/t17-/m0/s1. The first kappa shape index (κ1) is 19.5. The highest BCUT2D eigenvalue weighted by molar-refractivity contribution is 7.98. The highest BCUT2D eigenvalue weighted by atomic mass is 32.2. The van der Waals surface area contributed by atoms with E-state index < -0.39 is 16.1 Å². The fourth-order valence-corrected chi connectivity index (χ4v) is 3.99. The molecule has 134 valence electrons. The van der Waals surface area contributed by atoms with Crippen molar-refractivity contribution in [2.45, 2.75) is 24.3 Å². The van der Waals surface area contributed by atoms with Gasteiger partial charge >= 0.3 is 0 Å². The molecule has 25 heavy (non-hydrogen) atoms. The SMILES string of the molecule is CSCC[C@H](NS(=O)(=O)c1ccccc1)C(=O)Nc1ccccc1C. The lowest BCUT2D eigenvalue weighted by molar-refractivity contribution is -0.117. The Bertz CT molecular complexity index is 808. The minimum absolute atomic E-state index is 0.146. The number of hydrogen-bond acceptors (Lipinski definition) is 4. The van der Waals surface area contributed by atoms with Crippen molar-refractivity contribution in [1.82, 2.24) is 4.72 Å². The van der Waals surface area contributed by atoms with Gasteiger partial charge in [-0.25, -0.2) is 8.42 Å². The van der Waals surface area contributed by atoms with E-state index in [2.05, 4.69) is 10.0 Å². The van der Waals surface area contributed by atoms with Gasteiger partial charge in [-0.1, -0.05) is 36.4 Å². The van der Waals surface area contributed by atoms with E-state index in [4.69, 9.17) is 0 Å². The van der Waals surface area contributed by atoms with Crippen molar-refractivity contribution in [1.29, 1.82) is 0 Å². The van der Waals surface area contributed by atoms with Gasteiger partial charge in [-0.15, -0.1) is 0 Å². The third-order valence-corrected chi connectivity index (χ3v) is 5.81. The smallest absolute Gasteiger partial charge is 0.242 e. The van der Waals surface area contributed by atoms with Crippen LogP contribution in [-0.4, -0.2) is 32.4 Å². The molecule has 0 bridgehead atoms. The van der Waals surface area contributed by atoms with Crippen LogP contribution in [0.3, 0.4) is 0 Å². The van der Waals surface area contributed by atoms with Crippen LogP contribution in [0.5, 0.6) is 0 Å². The average Bonchev–Trinajstić information content (AvgIpc) is 2.61. The topological polar surface area (TPSA) is 75.3 Å². The second kappa shape index (κ2) is 9.03. The lowest BCUT2D eigenvalue weighted by Gasteiger charge is -2.19. The molecule has 0 aliphatic heterocycles. The van der Waals surface area contributed by atoms with Crippen LogP contribution >= 0.6 is 11.8 Å². The van der Waals surface area contributed by atoms with Gasteiger partial charge in [-0.05, 0) is 49.1 Å². The molecule has 0 fully saturated rings. The maximum absolute atomic E-state index is 12.6. The van der Waals surface area contributed by atoms with Gasteiger partial charge in [0.15, 0.2) is 0 Å². The number of nitrogens with one attached hydrogen (secondary N) is 2. The number of carbonyl (C=O) groups is 1.